The number of methoxy groups -OCH3 is 1. The fourth-order valence-electron chi connectivity index (χ4n) is 7.37. The number of phenolic OH excluding ortho intramolecular Hbond substituents is 1. The predicted octanol–water partition coefficient (Wildman–Crippen LogP) is 4.58. The average Bonchev–Trinajstić information content (AvgIpc) is 3.10. The fourth-order valence-corrected chi connectivity index (χ4v) is 7.37. The molecule has 192 valence electrons. The number of carbonyl (C=O) groups excluding carboxylic acids is 2. The molecular weight excluding hydrogens is 460 g/mol. The Hall–Kier alpha value is -2.64. The van der Waals surface area contributed by atoms with E-state index >= 15 is 0 Å². The molecule has 1 aromatic carbocycles. The summed E-state index contributed by atoms with van der Waals surface area (Å²) in [5, 5.41) is 11.0. The van der Waals surface area contributed by atoms with Gasteiger partial charge in [-0.15, -0.1) is 0 Å². The van der Waals surface area contributed by atoms with Crippen LogP contribution in [0.3, 0.4) is 0 Å². The lowest BCUT2D eigenvalue weighted by molar-refractivity contribution is -0.190. The molecule has 2 fully saturated rings. The maximum absolute atomic E-state index is 14.4. The zero-order valence-electron chi connectivity index (χ0n) is 22.2. The van der Waals surface area contributed by atoms with Crippen LogP contribution >= 0.6 is 0 Å². The average molecular weight is 495 g/mol. The van der Waals surface area contributed by atoms with Gasteiger partial charge in [-0.25, -0.2) is 0 Å². The molecular formula is C29H34O7. The van der Waals surface area contributed by atoms with Gasteiger partial charge in [0.2, 0.25) is 5.78 Å². The second kappa shape index (κ2) is 6.62. The van der Waals surface area contributed by atoms with E-state index in [0.29, 0.717) is 23.5 Å². The third-order valence-corrected chi connectivity index (χ3v) is 9.49. The molecule has 3 aliphatic carbocycles. The molecule has 7 rings (SSSR count). The highest BCUT2D eigenvalue weighted by Crippen LogP contribution is 2.70. The third kappa shape index (κ3) is 2.37. The van der Waals surface area contributed by atoms with Crippen molar-refractivity contribution in [2.24, 2.45) is 5.92 Å². The van der Waals surface area contributed by atoms with Gasteiger partial charge < -0.3 is 24.1 Å². The number of phenols is 1. The van der Waals surface area contributed by atoms with Gasteiger partial charge in [0, 0.05) is 42.1 Å². The summed E-state index contributed by atoms with van der Waals surface area (Å²) < 4.78 is 25.8. The molecule has 6 aliphatic rings. The highest BCUT2D eigenvalue weighted by Gasteiger charge is 2.84. The summed E-state index contributed by atoms with van der Waals surface area (Å²) in [6.45, 7) is 13.9. The Kier molecular flexibility index (Phi) is 4.36. The van der Waals surface area contributed by atoms with E-state index < -0.39 is 27.8 Å². The summed E-state index contributed by atoms with van der Waals surface area (Å²) in [5.41, 5.74) is -3.17. The van der Waals surface area contributed by atoms with Gasteiger partial charge in [0.15, 0.2) is 17.0 Å². The van der Waals surface area contributed by atoms with Crippen LogP contribution in [0.1, 0.15) is 77.2 Å². The van der Waals surface area contributed by atoms with Crippen molar-refractivity contribution in [3.63, 3.8) is 0 Å². The van der Waals surface area contributed by atoms with Crippen molar-refractivity contribution in [3.05, 3.63) is 40.5 Å². The Bertz CT molecular complexity index is 1310. The minimum atomic E-state index is -1.46. The van der Waals surface area contributed by atoms with Crippen LogP contribution in [0, 0.1) is 5.92 Å². The van der Waals surface area contributed by atoms with E-state index in [1.54, 1.807) is 6.08 Å². The Morgan fingerprint density at radius 1 is 1.22 bits per heavy atom. The SMILES string of the molecule is CO[C@]12C=C3C(=O)c4c(O)cc5c(c4O[C@]34C(C1)C(C)(C)O[C@]4(CC=C(C)C)C2=O)C(C)(C)[C@H](C)O5. The van der Waals surface area contributed by atoms with E-state index in [1.165, 1.54) is 13.2 Å². The molecule has 0 radical (unpaired) electrons. The summed E-state index contributed by atoms with van der Waals surface area (Å²) >= 11 is 0. The first-order valence-corrected chi connectivity index (χ1v) is 12.7. The van der Waals surface area contributed by atoms with E-state index in [0.717, 1.165) is 11.1 Å². The summed E-state index contributed by atoms with van der Waals surface area (Å²) in [4.78, 5) is 28.7. The molecule has 1 aromatic rings. The van der Waals surface area contributed by atoms with E-state index in [2.05, 4.69) is 0 Å². The third-order valence-electron chi connectivity index (χ3n) is 9.49. The molecule has 1 N–H and O–H groups in total. The minimum Gasteiger partial charge on any atom is -0.507 e. The van der Waals surface area contributed by atoms with Gasteiger partial charge in [0.25, 0.3) is 0 Å². The number of rotatable bonds is 3. The topological polar surface area (TPSA) is 91.3 Å². The van der Waals surface area contributed by atoms with Gasteiger partial charge in [-0.2, -0.15) is 0 Å². The second-order valence-corrected chi connectivity index (χ2v) is 12.4. The van der Waals surface area contributed by atoms with E-state index in [4.69, 9.17) is 18.9 Å². The quantitative estimate of drug-likeness (QED) is 0.615. The van der Waals surface area contributed by atoms with Gasteiger partial charge >= 0.3 is 0 Å². The summed E-state index contributed by atoms with van der Waals surface area (Å²) in [6.07, 6.45) is 4.00. The van der Waals surface area contributed by atoms with E-state index in [1.807, 2.05) is 54.5 Å². The number of ketones is 2. The molecule has 1 unspecified atom stereocenters. The Morgan fingerprint density at radius 3 is 2.56 bits per heavy atom. The smallest absolute Gasteiger partial charge is 0.205 e. The molecule has 5 atom stereocenters. The monoisotopic (exact) mass is 494 g/mol. The zero-order chi connectivity index (χ0) is 26.2. The number of hydrogen-bond acceptors (Lipinski definition) is 7. The number of carbonyl (C=O) groups is 2. The number of aromatic hydroxyl groups is 1. The first-order valence-electron chi connectivity index (χ1n) is 12.7. The van der Waals surface area contributed by atoms with Gasteiger partial charge in [-0.1, -0.05) is 25.5 Å². The second-order valence-electron chi connectivity index (χ2n) is 12.4. The van der Waals surface area contributed by atoms with Crippen LogP contribution in [0.4, 0.5) is 0 Å². The highest BCUT2D eigenvalue weighted by molar-refractivity contribution is 6.19. The van der Waals surface area contributed by atoms with Crippen LogP contribution in [-0.2, 0) is 19.7 Å². The van der Waals surface area contributed by atoms with Gasteiger partial charge in [-0.3, -0.25) is 9.59 Å². The summed E-state index contributed by atoms with van der Waals surface area (Å²) in [7, 11) is 1.50. The number of ether oxygens (including phenoxy) is 4. The first kappa shape index (κ1) is 23.7. The molecule has 1 saturated carbocycles. The van der Waals surface area contributed by atoms with Crippen LogP contribution in [0.2, 0.25) is 0 Å². The number of allylic oxidation sites excluding steroid dienone is 1. The molecule has 7 heteroatoms. The molecule has 0 aromatic heterocycles. The normalized spacial score (nSPS) is 37.9. The molecule has 3 heterocycles. The predicted molar refractivity (Wildman–Crippen MR) is 132 cm³/mol. The standard InChI is InChI=1S/C29H34O7/c1-14(2)9-10-28-24(32)27(33-8)12-16-22(31)20-17(30)11-18-21(25(4,5)15(3)34-18)23(20)35-29(16,28)19(13-27)26(6,7)36-28/h9,11-12,15,19,30H,10,13H2,1-8H3/t15-,19?,27+,28+,29-/m0/s1. The molecule has 1 spiro atoms. The van der Waals surface area contributed by atoms with E-state index in [-0.39, 0.29) is 41.3 Å². The van der Waals surface area contributed by atoms with Crippen LogP contribution < -0.4 is 9.47 Å². The van der Waals surface area contributed by atoms with Crippen molar-refractivity contribution in [2.75, 3.05) is 7.11 Å². The number of Topliss-reactive ketones (excluding diaryl/α,β-unsaturated/α-hetero) is 2. The lowest BCUT2D eigenvalue weighted by atomic mass is 9.49. The number of benzene rings is 1. The maximum atomic E-state index is 14.4. The zero-order valence-corrected chi connectivity index (χ0v) is 22.2. The van der Waals surface area contributed by atoms with Crippen molar-refractivity contribution in [1.29, 1.82) is 0 Å². The largest absolute Gasteiger partial charge is 0.507 e. The Balaban J connectivity index is 1.71. The van der Waals surface area contributed by atoms with Gasteiger partial charge in [0.1, 0.15) is 34.5 Å². The highest BCUT2D eigenvalue weighted by atomic mass is 16.6. The van der Waals surface area contributed by atoms with Crippen LogP contribution in [-0.4, -0.2) is 52.3 Å². The van der Waals surface area contributed by atoms with Crippen molar-refractivity contribution in [3.8, 4) is 17.2 Å². The van der Waals surface area contributed by atoms with Crippen molar-refractivity contribution >= 4 is 11.6 Å². The van der Waals surface area contributed by atoms with Crippen molar-refractivity contribution in [2.45, 2.75) is 95.2 Å². The molecule has 4 bridgehead atoms. The molecule has 0 amide bonds. The summed E-state index contributed by atoms with van der Waals surface area (Å²) in [6, 6.07) is 1.51. The molecule has 7 nitrogen and oxygen atoms in total. The lowest BCUT2D eigenvalue weighted by Gasteiger charge is -2.59. The molecule has 36 heavy (non-hydrogen) atoms. The van der Waals surface area contributed by atoms with Crippen LogP contribution in [0.15, 0.2) is 29.4 Å². The Labute approximate surface area is 211 Å². The van der Waals surface area contributed by atoms with Gasteiger partial charge in [0.05, 0.1) is 5.60 Å². The molecule has 1 saturated heterocycles. The van der Waals surface area contributed by atoms with Crippen LogP contribution in [0.25, 0.3) is 0 Å². The summed E-state index contributed by atoms with van der Waals surface area (Å²) in [5.74, 6) is -0.319. The molecule has 3 aliphatic heterocycles. The van der Waals surface area contributed by atoms with E-state index in [9.17, 15) is 14.7 Å². The van der Waals surface area contributed by atoms with Crippen molar-refractivity contribution < 1.29 is 33.6 Å². The lowest BCUT2D eigenvalue weighted by Crippen LogP contribution is -2.77. The van der Waals surface area contributed by atoms with Crippen molar-refractivity contribution in [1.82, 2.24) is 0 Å². The van der Waals surface area contributed by atoms with Gasteiger partial charge in [-0.05, 0) is 47.1 Å². The van der Waals surface area contributed by atoms with Crippen LogP contribution in [0.5, 0.6) is 17.2 Å². The maximum Gasteiger partial charge on any atom is 0.205 e. The number of hydrogen-bond donors (Lipinski definition) is 1. The first-order chi connectivity index (χ1) is 16.7. The number of fused-ring (bicyclic) bond motifs is 3. The Morgan fingerprint density at radius 2 is 1.92 bits per heavy atom. The minimum absolute atomic E-state index is 0.109. The fraction of sp³-hybridized carbons (Fsp3) is 0.586.